The molecule has 0 radical (unpaired) electrons. The number of nitrogens with zero attached hydrogens (tertiary/aromatic N) is 1. The van der Waals surface area contributed by atoms with Gasteiger partial charge in [-0.1, -0.05) is 48.9 Å². The van der Waals surface area contributed by atoms with Gasteiger partial charge in [-0.05, 0) is 18.1 Å². The molecule has 1 atom stereocenters. The molecule has 20 heavy (non-hydrogen) atoms. The summed E-state index contributed by atoms with van der Waals surface area (Å²) in [5.74, 6) is 0.0205. The standard InChI is InChI=1S/C15H16ClN3O/c1-2-13(10-6-4-3-5-7-10)19-15(20)11-8-14(17)18-9-12(11)16/h3-9,13H,2H2,1H3,(H2,17,18)(H,19,20). The van der Waals surface area contributed by atoms with E-state index in [-0.39, 0.29) is 17.8 Å². The van der Waals surface area contributed by atoms with Crippen LogP contribution in [0.2, 0.25) is 5.02 Å². The number of nitrogens with one attached hydrogen (secondary N) is 1. The molecule has 0 aliphatic carbocycles. The number of carbonyl (C=O) groups is 1. The number of amides is 1. The molecule has 0 bridgehead atoms. The Bertz CT molecular complexity index is 601. The Kier molecular flexibility index (Phi) is 4.58. The second-order valence-corrected chi connectivity index (χ2v) is 4.84. The van der Waals surface area contributed by atoms with E-state index in [1.807, 2.05) is 37.3 Å². The number of pyridine rings is 1. The molecule has 0 aliphatic rings. The van der Waals surface area contributed by atoms with E-state index < -0.39 is 0 Å². The van der Waals surface area contributed by atoms with Crippen molar-refractivity contribution in [1.82, 2.24) is 10.3 Å². The van der Waals surface area contributed by atoms with Crippen molar-refractivity contribution in [2.24, 2.45) is 0 Å². The minimum atomic E-state index is -0.250. The van der Waals surface area contributed by atoms with Crippen molar-refractivity contribution in [3.05, 3.63) is 58.7 Å². The third kappa shape index (κ3) is 3.27. The van der Waals surface area contributed by atoms with E-state index in [1.54, 1.807) is 0 Å². The summed E-state index contributed by atoms with van der Waals surface area (Å²) in [5, 5.41) is 3.25. The maximum atomic E-state index is 12.3. The molecule has 0 fully saturated rings. The fourth-order valence-corrected chi connectivity index (χ4v) is 2.16. The SMILES string of the molecule is CCC(NC(=O)c1cc(N)ncc1Cl)c1ccccc1. The van der Waals surface area contributed by atoms with Crippen LogP contribution in [0, 0.1) is 0 Å². The number of rotatable bonds is 4. The van der Waals surface area contributed by atoms with Gasteiger partial charge in [0.1, 0.15) is 5.82 Å². The Morgan fingerprint density at radius 3 is 2.75 bits per heavy atom. The zero-order chi connectivity index (χ0) is 14.5. The van der Waals surface area contributed by atoms with Gasteiger partial charge < -0.3 is 11.1 Å². The molecule has 1 amide bonds. The van der Waals surface area contributed by atoms with Gasteiger partial charge in [0.2, 0.25) is 0 Å². The second kappa shape index (κ2) is 6.39. The molecule has 4 nitrogen and oxygen atoms in total. The molecule has 1 aromatic carbocycles. The summed E-state index contributed by atoms with van der Waals surface area (Å²) < 4.78 is 0. The van der Waals surface area contributed by atoms with Crippen LogP contribution in [-0.4, -0.2) is 10.9 Å². The zero-order valence-corrected chi connectivity index (χ0v) is 11.9. The van der Waals surface area contributed by atoms with E-state index in [9.17, 15) is 4.79 Å². The van der Waals surface area contributed by atoms with E-state index >= 15 is 0 Å². The molecule has 0 saturated carbocycles. The lowest BCUT2D eigenvalue weighted by Gasteiger charge is -2.18. The van der Waals surface area contributed by atoms with E-state index in [0.717, 1.165) is 12.0 Å². The molecule has 0 spiro atoms. The number of carbonyl (C=O) groups excluding carboxylic acids is 1. The Hall–Kier alpha value is -2.07. The maximum Gasteiger partial charge on any atom is 0.253 e. The lowest BCUT2D eigenvalue weighted by Crippen LogP contribution is -2.28. The van der Waals surface area contributed by atoms with Crippen LogP contribution in [0.5, 0.6) is 0 Å². The molecular formula is C15H16ClN3O. The van der Waals surface area contributed by atoms with Crippen LogP contribution in [0.25, 0.3) is 0 Å². The lowest BCUT2D eigenvalue weighted by molar-refractivity contribution is 0.0935. The highest BCUT2D eigenvalue weighted by atomic mass is 35.5. The van der Waals surface area contributed by atoms with Crippen LogP contribution in [0.1, 0.15) is 35.3 Å². The Morgan fingerprint density at radius 2 is 2.10 bits per heavy atom. The number of anilines is 1. The van der Waals surface area contributed by atoms with Gasteiger partial charge in [-0.3, -0.25) is 4.79 Å². The summed E-state index contributed by atoms with van der Waals surface area (Å²) in [6.07, 6.45) is 2.17. The van der Waals surface area contributed by atoms with E-state index in [0.29, 0.717) is 10.6 Å². The highest BCUT2D eigenvalue weighted by Gasteiger charge is 2.16. The van der Waals surface area contributed by atoms with Gasteiger partial charge in [0, 0.05) is 6.20 Å². The van der Waals surface area contributed by atoms with Crippen molar-refractivity contribution < 1.29 is 4.79 Å². The van der Waals surface area contributed by atoms with Crippen molar-refractivity contribution >= 4 is 23.3 Å². The summed E-state index contributed by atoms with van der Waals surface area (Å²) in [4.78, 5) is 16.1. The summed E-state index contributed by atoms with van der Waals surface area (Å²) in [6, 6.07) is 11.2. The van der Waals surface area contributed by atoms with Crippen LogP contribution in [0.4, 0.5) is 5.82 Å². The number of hydrogen-bond donors (Lipinski definition) is 2. The number of hydrogen-bond acceptors (Lipinski definition) is 3. The first-order valence-corrected chi connectivity index (χ1v) is 6.76. The number of aromatic nitrogens is 1. The van der Waals surface area contributed by atoms with Crippen molar-refractivity contribution in [1.29, 1.82) is 0 Å². The Balaban J connectivity index is 2.20. The summed E-state index contributed by atoms with van der Waals surface area (Å²) >= 11 is 5.98. The largest absolute Gasteiger partial charge is 0.384 e. The molecule has 1 aromatic heterocycles. The highest BCUT2D eigenvalue weighted by molar-refractivity contribution is 6.33. The average molecular weight is 290 g/mol. The number of nitrogen functional groups attached to an aromatic ring is 1. The molecule has 2 rings (SSSR count). The lowest BCUT2D eigenvalue weighted by atomic mass is 10.0. The molecule has 0 saturated heterocycles. The van der Waals surface area contributed by atoms with Gasteiger partial charge in [-0.2, -0.15) is 0 Å². The predicted molar refractivity (Wildman–Crippen MR) is 80.6 cm³/mol. The van der Waals surface area contributed by atoms with Crippen LogP contribution < -0.4 is 11.1 Å². The van der Waals surface area contributed by atoms with Gasteiger partial charge in [0.05, 0.1) is 16.6 Å². The van der Waals surface area contributed by atoms with Gasteiger partial charge in [-0.15, -0.1) is 0 Å². The molecule has 0 aliphatic heterocycles. The van der Waals surface area contributed by atoms with Crippen LogP contribution >= 0.6 is 11.6 Å². The topological polar surface area (TPSA) is 68.0 Å². The van der Waals surface area contributed by atoms with Gasteiger partial charge in [-0.25, -0.2) is 4.98 Å². The number of nitrogens with two attached hydrogens (primary N) is 1. The molecule has 3 N–H and O–H groups in total. The van der Waals surface area contributed by atoms with Gasteiger partial charge in [0.15, 0.2) is 0 Å². The quantitative estimate of drug-likeness (QED) is 0.908. The fraction of sp³-hybridized carbons (Fsp3) is 0.200. The molecule has 2 aromatic rings. The van der Waals surface area contributed by atoms with Crippen molar-refractivity contribution in [2.75, 3.05) is 5.73 Å². The fourth-order valence-electron chi connectivity index (χ4n) is 1.97. The second-order valence-electron chi connectivity index (χ2n) is 4.43. The number of benzene rings is 1. The predicted octanol–water partition coefficient (Wildman–Crippen LogP) is 3.20. The van der Waals surface area contributed by atoms with Crippen molar-refractivity contribution in [2.45, 2.75) is 19.4 Å². The minimum Gasteiger partial charge on any atom is -0.384 e. The average Bonchev–Trinajstić information content (AvgIpc) is 2.48. The molecule has 1 unspecified atom stereocenters. The Morgan fingerprint density at radius 1 is 1.40 bits per heavy atom. The smallest absolute Gasteiger partial charge is 0.253 e. The first-order valence-electron chi connectivity index (χ1n) is 6.38. The molecule has 1 heterocycles. The van der Waals surface area contributed by atoms with Crippen LogP contribution in [0.15, 0.2) is 42.6 Å². The summed E-state index contributed by atoms with van der Waals surface area (Å²) in [5.41, 5.74) is 6.99. The zero-order valence-electron chi connectivity index (χ0n) is 11.1. The first kappa shape index (κ1) is 14.3. The van der Waals surface area contributed by atoms with Crippen molar-refractivity contribution in [3.8, 4) is 0 Å². The van der Waals surface area contributed by atoms with Crippen LogP contribution in [0.3, 0.4) is 0 Å². The van der Waals surface area contributed by atoms with E-state index in [2.05, 4.69) is 10.3 Å². The summed E-state index contributed by atoms with van der Waals surface area (Å²) in [6.45, 7) is 2.01. The first-order chi connectivity index (χ1) is 9.61. The highest BCUT2D eigenvalue weighted by Crippen LogP contribution is 2.20. The normalized spacial score (nSPS) is 11.9. The molecule has 104 valence electrons. The van der Waals surface area contributed by atoms with Crippen molar-refractivity contribution in [3.63, 3.8) is 0 Å². The monoisotopic (exact) mass is 289 g/mol. The number of halogens is 1. The molecule has 5 heteroatoms. The van der Waals surface area contributed by atoms with Gasteiger partial charge >= 0.3 is 0 Å². The van der Waals surface area contributed by atoms with Gasteiger partial charge in [0.25, 0.3) is 5.91 Å². The van der Waals surface area contributed by atoms with Crippen LogP contribution in [-0.2, 0) is 0 Å². The maximum absolute atomic E-state index is 12.3. The third-order valence-electron chi connectivity index (χ3n) is 3.04. The minimum absolute atomic E-state index is 0.0610. The van der Waals surface area contributed by atoms with E-state index in [1.165, 1.54) is 12.3 Å². The molecular weight excluding hydrogens is 274 g/mol. The third-order valence-corrected chi connectivity index (χ3v) is 3.34. The Labute approximate surface area is 123 Å². The summed E-state index contributed by atoms with van der Waals surface area (Å²) in [7, 11) is 0. The van der Waals surface area contributed by atoms with E-state index in [4.69, 9.17) is 17.3 Å².